The lowest BCUT2D eigenvalue weighted by Gasteiger charge is -2.22. The van der Waals surface area contributed by atoms with Crippen LogP contribution in [0.25, 0.3) is 0 Å². The molecule has 2 aliphatic rings. The Morgan fingerprint density at radius 2 is 2.00 bits per heavy atom. The molecular weight excluding hydrogens is 278 g/mol. The van der Waals surface area contributed by atoms with E-state index in [2.05, 4.69) is 15.3 Å². The Morgan fingerprint density at radius 3 is 2.65 bits per heavy atom. The van der Waals surface area contributed by atoms with Crippen molar-refractivity contribution in [3.05, 3.63) is 27.9 Å². The fourth-order valence-electron chi connectivity index (χ4n) is 2.34. The van der Waals surface area contributed by atoms with Crippen LogP contribution in [0.2, 0.25) is 0 Å². The first kappa shape index (κ1) is 13.5. The van der Waals surface area contributed by atoms with E-state index in [0.717, 1.165) is 25.7 Å². The molecule has 1 aromatic heterocycles. The Kier molecular flexibility index (Phi) is 3.69. The zero-order valence-electron chi connectivity index (χ0n) is 11.1. The van der Waals surface area contributed by atoms with E-state index in [-0.39, 0.29) is 23.2 Å². The molecular formula is C13H17N3O3S. The van der Waals surface area contributed by atoms with Crippen molar-refractivity contribution in [1.29, 1.82) is 0 Å². The zero-order valence-corrected chi connectivity index (χ0v) is 11.9. The van der Waals surface area contributed by atoms with Crippen molar-refractivity contribution in [1.82, 2.24) is 15.3 Å². The molecule has 1 aromatic rings. The number of rotatable bonds is 3. The van der Waals surface area contributed by atoms with Crippen LogP contribution in [0.15, 0.2) is 10.9 Å². The van der Waals surface area contributed by atoms with E-state index in [1.165, 1.54) is 6.07 Å². The number of aromatic amines is 1. The summed E-state index contributed by atoms with van der Waals surface area (Å²) in [6.45, 7) is 0. The predicted molar refractivity (Wildman–Crippen MR) is 75.2 cm³/mol. The van der Waals surface area contributed by atoms with Gasteiger partial charge < -0.3 is 10.3 Å². The number of amides is 1. The molecule has 1 aliphatic carbocycles. The first-order valence-electron chi connectivity index (χ1n) is 6.89. The SMILES string of the molecule is O=C(NC1CCS(=O)CC1)c1cc(=O)[nH]c(C2CC2)n1. The molecule has 1 amide bonds. The van der Waals surface area contributed by atoms with Gasteiger partial charge in [0.1, 0.15) is 11.5 Å². The van der Waals surface area contributed by atoms with Crippen molar-refractivity contribution in [2.24, 2.45) is 0 Å². The van der Waals surface area contributed by atoms with Gasteiger partial charge in [-0.05, 0) is 25.7 Å². The topological polar surface area (TPSA) is 91.9 Å². The van der Waals surface area contributed by atoms with E-state index in [0.29, 0.717) is 23.2 Å². The number of H-pyrrole nitrogens is 1. The lowest BCUT2D eigenvalue weighted by molar-refractivity contribution is 0.0929. The fourth-order valence-corrected chi connectivity index (χ4v) is 3.64. The van der Waals surface area contributed by atoms with E-state index in [1.807, 2.05) is 0 Å². The van der Waals surface area contributed by atoms with Crippen LogP contribution in [0.4, 0.5) is 0 Å². The number of carbonyl (C=O) groups excluding carboxylic acids is 1. The largest absolute Gasteiger partial charge is 0.348 e. The summed E-state index contributed by atoms with van der Waals surface area (Å²) in [5.74, 6) is 1.86. The van der Waals surface area contributed by atoms with E-state index >= 15 is 0 Å². The van der Waals surface area contributed by atoms with Crippen LogP contribution >= 0.6 is 0 Å². The maximum Gasteiger partial charge on any atom is 0.270 e. The molecule has 0 atom stereocenters. The number of carbonyl (C=O) groups is 1. The molecule has 0 aromatic carbocycles. The van der Waals surface area contributed by atoms with Gasteiger partial charge in [0.15, 0.2) is 0 Å². The summed E-state index contributed by atoms with van der Waals surface area (Å²) in [5.41, 5.74) is -0.0980. The van der Waals surface area contributed by atoms with Gasteiger partial charge in [-0.25, -0.2) is 4.98 Å². The van der Waals surface area contributed by atoms with Crippen molar-refractivity contribution in [3.63, 3.8) is 0 Å². The van der Waals surface area contributed by atoms with Crippen LogP contribution in [0, 0.1) is 0 Å². The summed E-state index contributed by atoms with van der Waals surface area (Å²) >= 11 is 0. The average Bonchev–Trinajstić information content (AvgIpc) is 3.25. The van der Waals surface area contributed by atoms with Gasteiger partial charge in [0, 0.05) is 40.3 Å². The Bertz CT molecular complexity index is 599. The lowest BCUT2D eigenvalue weighted by atomic mass is 10.1. The fraction of sp³-hybridized carbons (Fsp3) is 0.615. The summed E-state index contributed by atoms with van der Waals surface area (Å²) in [5, 5.41) is 2.88. The third-order valence-corrected chi connectivity index (χ3v) is 5.06. The molecule has 20 heavy (non-hydrogen) atoms. The van der Waals surface area contributed by atoms with Crippen LogP contribution < -0.4 is 10.9 Å². The molecule has 0 unspecified atom stereocenters. The minimum atomic E-state index is -0.747. The monoisotopic (exact) mass is 295 g/mol. The van der Waals surface area contributed by atoms with Crippen molar-refractivity contribution in [3.8, 4) is 0 Å². The second kappa shape index (κ2) is 5.47. The van der Waals surface area contributed by atoms with Crippen LogP contribution in [0.3, 0.4) is 0 Å². The van der Waals surface area contributed by atoms with Crippen molar-refractivity contribution >= 4 is 16.7 Å². The van der Waals surface area contributed by atoms with Crippen LogP contribution in [-0.4, -0.2) is 37.6 Å². The standard InChI is InChI=1S/C13H17N3O3S/c17-11-7-10(15-12(16-11)8-1-2-8)13(18)14-9-3-5-20(19)6-4-9/h7-9H,1-6H2,(H,14,18)(H,15,16,17). The number of aromatic nitrogens is 2. The molecule has 2 N–H and O–H groups in total. The van der Waals surface area contributed by atoms with E-state index < -0.39 is 10.8 Å². The number of hydrogen-bond donors (Lipinski definition) is 2. The third kappa shape index (κ3) is 3.15. The Hall–Kier alpha value is -1.50. The molecule has 1 saturated heterocycles. The highest BCUT2D eigenvalue weighted by molar-refractivity contribution is 7.85. The van der Waals surface area contributed by atoms with Crippen LogP contribution in [-0.2, 0) is 10.8 Å². The minimum Gasteiger partial charge on any atom is -0.348 e. The normalized spacial score (nSPS) is 26.2. The van der Waals surface area contributed by atoms with Crippen molar-refractivity contribution in [2.45, 2.75) is 37.6 Å². The van der Waals surface area contributed by atoms with Crippen LogP contribution in [0.1, 0.15) is 47.9 Å². The molecule has 0 radical (unpaired) electrons. The summed E-state index contributed by atoms with van der Waals surface area (Å²) in [6, 6.07) is 1.27. The number of hydrogen-bond acceptors (Lipinski definition) is 4. The minimum absolute atomic E-state index is 0.0330. The van der Waals surface area contributed by atoms with Gasteiger partial charge >= 0.3 is 0 Å². The molecule has 0 spiro atoms. The molecule has 1 aliphatic heterocycles. The van der Waals surface area contributed by atoms with Gasteiger partial charge in [-0.1, -0.05) is 0 Å². The smallest absolute Gasteiger partial charge is 0.270 e. The first-order valence-corrected chi connectivity index (χ1v) is 8.38. The Morgan fingerprint density at radius 1 is 1.30 bits per heavy atom. The van der Waals surface area contributed by atoms with Crippen molar-refractivity contribution < 1.29 is 9.00 Å². The lowest BCUT2D eigenvalue weighted by Crippen LogP contribution is -2.40. The third-order valence-electron chi connectivity index (χ3n) is 3.68. The van der Waals surface area contributed by atoms with E-state index in [9.17, 15) is 13.8 Å². The zero-order chi connectivity index (χ0) is 14.1. The van der Waals surface area contributed by atoms with E-state index in [1.54, 1.807) is 0 Å². The second-order valence-electron chi connectivity index (χ2n) is 5.39. The summed E-state index contributed by atoms with van der Waals surface area (Å²) in [6.07, 6.45) is 3.47. The highest BCUT2D eigenvalue weighted by atomic mass is 32.2. The van der Waals surface area contributed by atoms with Gasteiger partial charge in [0.05, 0.1) is 0 Å². The number of nitrogens with one attached hydrogen (secondary N) is 2. The van der Waals surface area contributed by atoms with Gasteiger partial charge in [0.25, 0.3) is 11.5 Å². The molecule has 7 heteroatoms. The van der Waals surface area contributed by atoms with Gasteiger partial charge in [-0.15, -0.1) is 0 Å². The predicted octanol–water partition coefficient (Wildman–Crippen LogP) is 0.288. The van der Waals surface area contributed by atoms with Gasteiger partial charge in [-0.2, -0.15) is 0 Å². The summed E-state index contributed by atoms with van der Waals surface area (Å²) in [7, 11) is -0.747. The molecule has 0 bridgehead atoms. The Balaban J connectivity index is 1.70. The quantitative estimate of drug-likeness (QED) is 0.838. The molecule has 108 valence electrons. The molecule has 6 nitrogen and oxygen atoms in total. The first-order chi connectivity index (χ1) is 9.61. The Labute approximate surface area is 118 Å². The van der Waals surface area contributed by atoms with Gasteiger partial charge in [-0.3, -0.25) is 13.8 Å². The maximum atomic E-state index is 12.1. The number of nitrogens with zero attached hydrogens (tertiary/aromatic N) is 1. The van der Waals surface area contributed by atoms with Crippen LogP contribution in [0.5, 0.6) is 0 Å². The average molecular weight is 295 g/mol. The summed E-state index contributed by atoms with van der Waals surface area (Å²) < 4.78 is 11.3. The van der Waals surface area contributed by atoms with Crippen molar-refractivity contribution in [2.75, 3.05) is 11.5 Å². The molecule has 1 saturated carbocycles. The molecule has 2 fully saturated rings. The molecule has 2 heterocycles. The van der Waals surface area contributed by atoms with E-state index in [4.69, 9.17) is 0 Å². The summed E-state index contributed by atoms with van der Waals surface area (Å²) in [4.78, 5) is 30.6. The highest BCUT2D eigenvalue weighted by Crippen LogP contribution is 2.37. The second-order valence-corrected chi connectivity index (χ2v) is 7.08. The highest BCUT2D eigenvalue weighted by Gasteiger charge is 2.27. The van der Waals surface area contributed by atoms with Gasteiger partial charge in [0.2, 0.25) is 0 Å². The maximum absolute atomic E-state index is 12.1. The molecule has 3 rings (SSSR count).